The molecule has 0 saturated carbocycles. The van der Waals surface area contributed by atoms with Crippen LogP contribution < -0.4 is 11.1 Å². The first-order valence-electron chi connectivity index (χ1n) is 7.24. The maximum absolute atomic E-state index is 12.3. The Balaban J connectivity index is 1.75. The largest absolute Gasteiger partial charge is 0.382 e. The Hall–Kier alpha value is -3.15. The number of anilines is 2. The lowest BCUT2D eigenvalue weighted by molar-refractivity contribution is 0.102. The van der Waals surface area contributed by atoms with Crippen LogP contribution in [0.25, 0.3) is 0 Å². The first-order valence-corrected chi connectivity index (χ1v) is 7.24. The number of rotatable bonds is 4. The average Bonchev–Trinajstić information content (AvgIpc) is 2.92. The average molecular weight is 307 g/mol. The zero-order chi connectivity index (χ0) is 16.2. The van der Waals surface area contributed by atoms with E-state index < -0.39 is 0 Å². The maximum atomic E-state index is 12.3. The molecule has 2 aromatic carbocycles. The molecule has 23 heavy (non-hydrogen) atoms. The van der Waals surface area contributed by atoms with Crippen molar-refractivity contribution in [2.75, 3.05) is 11.1 Å². The fourth-order valence-corrected chi connectivity index (χ4v) is 2.18. The summed E-state index contributed by atoms with van der Waals surface area (Å²) in [7, 11) is 0. The molecular formula is C17H17N5O. The smallest absolute Gasteiger partial charge is 0.280 e. The SMILES string of the molecule is Cc1ccc(NC(=O)c2nnn(Cc3ccccc3)c2N)cc1. The van der Waals surface area contributed by atoms with Gasteiger partial charge in [0.15, 0.2) is 11.5 Å². The van der Waals surface area contributed by atoms with Gasteiger partial charge < -0.3 is 11.1 Å². The lowest BCUT2D eigenvalue weighted by atomic mass is 10.2. The van der Waals surface area contributed by atoms with Crippen molar-refractivity contribution in [3.63, 3.8) is 0 Å². The second-order valence-electron chi connectivity index (χ2n) is 5.29. The standard InChI is InChI=1S/C17H17N5O/c1-12-7-9-14(10-8-12)19-17(23)15-16(18)22(21-20-15)11-13-5-3-2-4-6-13/h2-10H,11,18H2,1H3,(H,19,23). The Bertz CT molecular complexity index is 809. The van der Waals surface area contributed by atoms with Crippen molar-refractivity contribution in [3.8, 4) is 0 Å². The highest BCUT2D eigenvalue weighted by Gasteiger charge is 2.17. The number of nitrogens with two attached hydrogens (primary N) is 1. The van der Waals surface area contributed by atoms with Gasteiger partial charge in [-0.25, -0.2) is 4.68 Å². The molecule has 1 amide bonds. The molecule has 3 N–H and O–H groups in total. The summed E-state index contributed by atoms with van der Waals surface area (Å²) < 4.78 is 1.51. The lowest BCUT2D eigenvalue weighted by Crippen LogP contribution is -2.15. The minimum absolute atomic E-state index is 0.126. The van der Waals surface area contributed by atoms with E-state index in [4.69, 9.17) is 5.73 Å². The van der Waals surface area contributed by atoms with Gasteiger partial charge in [0.05, 0.1) is 6.54 Å². The number of nitrogens with one attached hydrogen (secondary N) is 1. The summed E-state index contributed by atoms with van der Waals surface area (Å²) in [5.74, 6) is -0.121. The van der Waals surface area contributed by atoms with Crippen LogP contribution in [0.1, 0.15) is 21.6 Å². The summed E-state index contributed by atoms with van der Waals surface area (Å²) in [4.78, 5) is 12.3. The highest BCUT2D eigenvalue weighted by atomic mass is 16.2. The van der Waals surface area contributed by atoms with Crippen LogP contribution in [0.3, 0.4) is 0 Å². The molecule has 6 heteroatoms. The minimum Gasteiger partial charge on any atom is -0.382 e. The van der Waals surface area contributed by atoms with E-state index in [1.54, 1.807) is 0 Å². The molecule has 116 valence electrons. The van der Waals surface area contributed by atoms with Gasteiger partial charge in [0.25, 0.3) is 5.91 Å². The second kappa shape index (κ2) is 6.31. The van der Waals surface area contributed by atoms with Crippen molar-refractivity contribution in [3.05, 3.63) is 71.4 Å². The first-order chi connectivity index (χ1) is 11.1. The van der Waals surface area contributed by atoms with Gasteiger partial charge in [0.2, 0.25) is 0 Å². The first kappa shape index (κ1) is 14.8. The van der Waals surface area contributed by atoms with Crippen molar-refractivity contribution in [1.82, 2.24) is 15.0 Å². The molecule has 1 aromatic heterocycles. The third-order valence-electron chi connectivity index (χ3n) is 3.47. The van der Waals surface area contributed by atoms with Gasteiger partial charge in [-0.1, -0.05) is 53.2 Å². The molecule has 0 spiro atoms. The second-order valence-corrected chi connectivity index (χ2v) is 5.29. The number of aromatic nitrogens is 3. The van der Waals surface area contributed by atoms with Crippen LogP contribution in [-0.4, -0.2) is 20.9 Å². The van der Waals surface area contributed by atoms with Crippen LogP contribution >= 0.6 is 0 Å². The van der Waals surface area contributed by atoms with Crippen LogP contribution in [0.4, 0.5) is 11.5 Å². The fourth-order valence-electron chi connectivity index (χ4n) is 2.18. The summed E-state index contributed by atoms with van der Waals surface area (Å²) in [6.45, 7) is 2.45. The van der Waals surface area contributed by atoms with Crippen LogP contribution in [-0.2, 0) is 6.54 Å². The molecule has 0 fully saturated rings. The number of carbonyl (C=O) groups is 1. The van der Waals surface area contributed by atoms with E-state index in [0.29, 0.717) is 12.2 Å². The molecule has 6 nitrogen and oxygen atoms in total. The third-order valence-corrected chi connectivity index (χ3v) is 3.47. The summed E-state index contributed by atoms with van der Waals surface area (Å²) >= 11 is 0. The molecule has 0 aliphatic carbocycles. The van der Waals surface area contributed by atoms with Crippen molar-refractivity contribution in [2.24, 2.45) is 0 Å². The number of nitrogens with zero attached hydrogens (tertiary/aromatic N) is 3. The molecular weight excluding hydrogens is 290 g/mol. The highest BCUT2D eigenvalue weighted by molar-refractivity contribution is 6.05. The molecule has 0 aliphatic heterocycles. The summed E-state index contributed by atoms with van der Waals surface area (Å²) in [6.07, 6.45) is 0. The van der Waals surface area contributed by atoms with E-state index in [0.717, 1.165) is 11.1 Å². The molecule has 0 radical (unpaired) electrons. The summed E-state index contributed by atoms with van der Waals surface area (Å²) in [6, 6.07) is 17.3. The molecule has 1 heterocycles. The molecule has 0 atom stereocenters. The molecule has 0 aliphatic rings. The van der Waals surface area contributed by atoms with E-state index in [2.05, 4.69) is 15.6 Å². The molecule has 0 saturated heterocycles. The van der Waals surface area contributed by atoms with Gasteiger partial charge in [-0.3, -0.25) is 4.79 Å². The number of nitrogen functional groups attached to an aromatic ring is 1. The Morgan fingerprint density at radius 1 is 1.13 bits per heavy atom. The Morgan fingerprint density at radius 2 is 1.83 bits per heavy atom. The maximum Gasteiger partial charge on any atom is 0.280 e. The highest BCUT2D eigenvalue weighted by Crippen LogP contribution is 2.14. The lowest BCUT2D eigenvalue weighted by Gasteiger charge is -2.05. The van der Waals surface area contributed by atoms with Crippen molar-refractivity contribution in [1.29, 1.82) is 0 Å². The van der Waals surface area contributed by atoms with Gasteiger partial charge in [-0.15, -0.1) is 5.10 Å². The van der Waals surface area contributed by atoms with Crippen molar-refractivity contribution >= 4 is 17.4 Å². The monoisotopic (exact) mass is 307 g/mol. The summed E-state index contributed by atoms with van der Waals surface area (Å²) in [5, 5.41) is 10.6. The summed E-state index contributed by atoms with van der Waals surface area (Å²) in [5.41, 5.74) is 8.98. The normalized spacial score (nSPS) is 10.5. The number of benzene rings is 2. The molecule has 0 bridgehead atoms. The fraction of sp³-hybridized carbons (Fsp3) is 0.118. The van der Waals surface area contributed by atoms with E-state index >= 15 is 0 Å². The van der Waals surface area contributed by atoms with Gasteiger partial charge in [0.1, 0.15) is 0 Å². The number of hydrogen-bond acceptors (Lipinski definition) is 4. The van der Waals surface area contributed by atoms with Gasteiger partial charge in [-0.2, -0.15) is 0 Å². The van der Waals surface area contributed by atoms with Crippen LogP contribution in [0.15, 0.2) is 54.6 Å². The van der Waals surface area contributed by atoms with Crippen LogP contribution in [0, 0.1) is 6.92 Å². The number of aryl methyl sites for hydroxylation is 1. The Morgan fingerprint density at radius 3 is 2.52 bits per heavy atom. The topological polar surface area (TPSA) is 85.8 Å². The predicted molar refractivity (Wildman–Crippen MR) is 89.1 cm³/mol. The van der Waals surface area contributed by atoms with E-state index in [9.17, 15) is 4.79 Å². The van der Waals surface area contributed by atoms with E-state index in [-0.39, 0.29) is 17.4 Å². The van der Waals surface area contributed by atoms with Crippen LogP contribution in [0.2, 0.25) is 0 Å². The minimum atomic E-state index is -0.370. The van der Waals surface area contributed by atoms with Crippen LogP contribution in [0.5, 0.6) is 0 Å². The molecule has 0 unspecified atom stereocenters. The quantitative estimate of drug-likeness (QED) is 0.775. The van der Waals surface area contributed by atoms with Gasteiger partial charge >= 0.3 is 0 Å². The van der Waals surface area contributed by atoms with Crippen molar-refractivity contribution in [2.45, 2.75) is 13.5 Å². The molecule has 3 rings (SSSR count). The predicted octanol–water partition coefficient (Wildman–Crippen LogP) is 2.47. The Labute approximate surface area is 133 Å². The third kappa shape index (κ3) is 3.37. The number of carbonyl (C=O) groups excluding carboxylic acids is 1. The van der Waals surface area contributed by atoms with Gasteiger partial charge in [-0.05, 0) is 24.6 Å². The van der Waals surface area contributed by atoms with E-state index in [1.165, 1.54) is 4.68 Å². The van der Waals surface area contributed by atoms with Crippen molar-refractivity contribution < 1.29 is 4.79 Å². The zero-order valence-corrected chi connectivity index (χ0v) is 12.7. The zero-order valence-electron chi connectivity index (χ0n) is 12.7. The molecule has 3 aromatic rings. The van der Waals surface area contributed by atoms with Gasteiger partial charge in [0, 0.05) is 5.69 Å². The number of amides is 1. The Kier molecular flexibility index (Phi) is 4.05. The van der Waals surface area contributed by atoms with E-state index in [1.807, 2.05) is 61.5 Å². The number of hydrogen-bond donors (Lipinski definition) is 2.